The zero-order valence-corrected chi connectivity index (χ0v) is 12.4. The van der Waals surface area contributed by atoms with E-state index >= 15 is 0 Å². The van der Waals surface area contributed by atoms with Gasteiger partial charge in [0.1, 0.15) is 5.69 Å². The number of carbonyl (C=O) groups is 1. The number of hydrogen-bond donors (Lipinski definition) is 0. The summed E-state index contributed by atoms with van der Waals surface area (Å²) in [5.74, 6) is 0.542. The fourth-order valence-corrected chi connectivity index (χ4v) is 2.27. The second-order valence-corrected chi connectivity index (χ2v) is 5.20. The Bertz CT molecular complexity index is 579. The van der Waals surface area contributed by atoms with Crippen LogP contribution < -0.4 is 4.74 Å². The predicted octanol–water partition coefficient (Wildman–Crippen LogP) is 3.07. The molecule has 1 aromatic heterocycles. The first-order chi connectivity index (χ1) is 9.52. The van der Waals surface area contributed by atoms with Crippen molar-refractivity contribution in [1.82, 2.24) is 9.78 Å². The largest absolute Gasteiger partial charge is 0.493 e. The lowest BCUT2D eigenvalue weighted by atomic mass is 9.79. The summed E-state index contributed by atoms with van der Waals surface area (Å²) in [6.45, 7) is 6.45. The molecule has 2 aromatic rings. The van der Waals surface area contributed by atoms with E-state index in [4.69, 9.17) is 4.74 Å². The van der Waals surface area contributed by atoms with Gasteiger partial charge in [-0.05, 0) is 26.3 Å². The summed E-state index contributed by atoms with van der Waals surface area (Å²) in [5, 5.41) is 4.20. The maximum absolute atomic E-state index is 12.9. The molecule has 0 aliphatic carbocycles. The van der Waals surface area contributed by atoms with E-state index in [0.717, 1.165) is 5.56 Å². The summed E-state index contributed by atoms with van der Waals surface area (Å²) in [7, 11) is 1.56. The monoisotopic (exact) mass is 272 g/mol. The number of ketones is 1. The second-order valence-electron chi connectivity index (χ2n) is 5.20. The van der Waals surface area contributed by atoms with Crippen LogP contribution in [0.15, 0.2) is 36.5 Å². The number of Topliss-reactive ketones (excluding diaryl/α,β-unsaturated/α-hetero) is 1. The molecule has 4 nitrogen and oxygen atoms in total. The Labute approximate surface area is 119 Å². The molecule has 2 rings (SSSR count). The fourth-order valence-electron chi connectivity index (χ4n) is 2.27. The molecule has 0 aliphatic rings. The standard InChI is InChI=1S/C16H20N2O2/c1-5-18-14(13(20-4)11-17-18)15(19)16(2,3)12-9-7-6-8-10-12/h6-11H,5H2,1-4H3. The zero-order valence-electron chi connectivity index (χ0n) is 12.4. The molecule has 0 N–H and O–H groups in total. The van der Waals surface area contributed by atoms with Gasteiger partial charge in [-0.25, -0.2) is 0 Å². The molecule has 0 bridgehead atoms. The van der Waals surface area contributed by atoms with Gasteiger partial charge < -0.3 is 4.74 Å². The number of benzene rings is 1. The van der Waals surface area contributed by atoms with Gasteiger partial charge in [-0.3, -0.25) is 9.48 Å². The Balaban J connectivity index is 2.48. The van der Waals surface area contributed by atoms with Gasteiger partial charge in [-0.15, -0.1) is 0 Å². The molecule has 0 aliphatic heterocycles. The molecule has 0 saturated carbocycles. The minimum atomic E-state index is -0.624. The van der Waals surface area contributed by atoms with Gasteiger partial charge in [0.2, 0.25) is 0 Å². The number of hydrogen-bond acceptors (Lipinski definition) is 3. The lowest BCUT2D eigenvalue weighted by Crippen LogP contribution is -2.31. The van der Waals surface area contributed by atoms with Gasteiger partial charge in [-0.2, -0.15) is 5.10 Å². The Morgan fingerprint density at radius 2 is 1.95 bits per heavy atom. The minimum absolute atomic E-state index is 0.0138. The van der Waals surface area contributed by atoms with E-state index in [1.165, 1.54) is 0 Å². The zero-order chi connectivity index (χ0) is 14.8. The number of ether oxygens (including phenoxy) is 1. The van der Waals surface area contributed by atoms with Crippen molar-refractivity contribution in [2.24, 2.45) is 0 Å². The predicted molar refractivity (Wildman–Crippen MR) is 78.3 cm³/mol. The van der Waals surface area contributed by atoms with E-state index in [1.807, 2.05) is 51.1 Å². The third-order valence-corrected chi connectivity index (χ3v) is 3.60. The second kappa shape index (κ2) is 5.49. The van der Waals surface area contributed by atoms with Crippen LogP contribution in [0.4, 0.5) is 0 Å². The van der Waals surface area contributed by atoms with E-state index in [-0.39, 0.29) is 5.78 Å². The van der Waals surface area contributed by atoms with Crippen LogP contribution in [-0.4, -0.2) is 22.7 Å². The van der Waals surface area contributed by atoms with Crippen LogP contribution in [0.2, 0.25) is 0 Å². The van der Waals surface area contributed by atoms with Gasteiger partial charge in [0, 0.05) is 6.54 Å². The highest BCUT2D eigenvalue weighted by Crippen LogP contribution is 2.31. The highest BCUT2D eigenvalue weighted by molar-refractivity contribution is 6.04. The Kier molecular flexibility index (Phi) is 3.93. The van der Waals surface area contributed by atoms with Crippen molar-refractivity contribution in [3.8, 4) is 5.75 Å². The maximum atomic E-state index is 12.9. The van der Waals surface area contributed by atoms with Crippen molar-refractivity contribution in [2.75, 3.05) is 7.11 Å². The van der Waals surface area contributed by atoms with Crippen molar-refractivity contribution >= 4 is 5.78 Å². The maximum Gasteiger partial charge on any atom is 0.194 e. The van der Waals surface area contributed by atoms with E-state index in [1.54, 1.807) is 18.0 Å². The fraction of sp³-hybridized carbons (Fsp3) is 0.375. The topological polar surface area (TPSA) is 44.1 Å². The first kappa shape index (κ1) is 14.3. The van der Waals surface area contributed by atoms with Crippen molar-refractivity contribution < 1.29 is 9.53 Å². The number of aryl methyl sites for hydroxylation is 1. The average molecular weight is 272 g/mol. The van der Waals surface area contributed by atoms with Crippen molar-refractivity contribution in [3.63, 3.8) is 0 Å². The van der Waals surface area contributed by atoms with Crippen LogP contribution in [0.1, 0.15) is 36.8 Å². The van der Waals surface area contributed by atoms with Gasteiger partial charge in [0.05, 0.1) is 18.7 Å². The van der Waals surface area contributed by atoms with Gasteiger partial charge >= 0.3 is 0 Å². The molecule has 1 aromatic carbocycles. The first-order valence-electron chi connectivity index (χ1n) is 6.72. The molecule has 0 unspecified atom stereocenters. The minimum Gasteiger partial charge on any atom is -0.493 e. The molecule has 0 atom stereocenters. The van der Waals surface area contributed by atoms with Gasteiger partial charge in [0.25, 0.3) is 0 Å². The lowest BCUT2D eigenvalue weighted by molar-refractivity contribution is 0.0894. The molecule has 106 valence electrons. The first-order valence-corrected chi connectivity index (χ1v) is 6.72. The third kappa shape index (κ3) is 2.33. The van der Waals surface area contributed by atoms with E-state index < -0.39 is 5.41 Å². The van der Waals surface area contributed by atoms with Crippen LogP contribution >= 0.6 is 0 Å². The smallest absolute Gasteiger partial charge is 0.194 e. The average Bonchev–Trinajstić information content (AvgIpc) is 2.90. The number of rotatable bonds is 5. The Morgan fingerprint density at radius 3 is 2.50 bits per heavy atom. The van der Waals surface area contributed by atoms with E-state index in [0.29, 0.717) is 18.0 Å². The molecule has 0 radical (unpaired) electrons. The Morgan fingerprint density at radius 1 is 1.30 bits per heavy atom. The summed E-state index contributed by atoms with van der Waals surface area (Å²) in [6, 6.07) is 9.77. The van der Waals surface area contributed by atoms with E-state index in [9.17, 15) is 4.79 Å². The van der Waals surface area contributed by atoms with Crippen LogP contribution in [0.5, 0.6) is 5.75 Å². The molecule has 0 amide bonds. The van der Waals surface area contributed by atoms with Crippen LogP contribution in [0, 0.1) is 0 Å². The third-order valence-electron chi connectivity index (χ3n) is 3.60. The van der Waals surface area contributed by atoms with Gasteiger partial charge in [0.15, 0.2) is 11.5 Å². The van der Waals surface area contributed by atoms with Crippen molar-refractivity contribution in [2.45, 2.75) is 32.7 Å². The summed E-state index contributed by atoms with van der Waals surface area (Å²) in [6.07, 6.45) is 1.60. The van der Waals surface area contributed by atoms with Crippen LogP contribution in [-0.2, 0) is 12.0 Å². The summed E-state index contributed by atoms with van der Waals surface area (Å²) < 4.78 is 6.96. The molecule has 4 heteroatoms. The van der Waals surface area contributed by atoms with E-state index in [2.05, 4.69) is 5.10 Å². The highest BCUT2D eigenvalue weighted by atomic mass is 16.5. The molecule has 1 heterocycles. The quantitative estimate of drug-likeness (QED) is 0.786. The number of nitrogens with zero attached hydrogens (tertiary/aromatic N) is 2. The molecule has 0 fully saturated rings. The molecule has 0 saturated heterocycles. The molecule has 0 spiro atoms. The summed E-state index contributed by atoms with van der Waals surface area (Å²) >= 11 is 0. The Hall–Kier alpha value is -2.10. The van der Waals surface area contributed by atoms with Crippen LogP contribution in [0.3, 0.4) is 0 Å². The lowest BCUT2D eigenvalue weighted by Gasteiger charge is -2.24. The number of aromatic nitrogens is 2. The molecule has 20 heavy (non-hydrogen) atoms. The normalized spacial score (nSPS) is 11.4. The number of methoxy groups -OCH3 is 1. The van der Waals surface area contributed by atoms with Crippen molar-refractivity contribution in [1.29, 1.82) is 0 Å². The summed E-state index contributed by atoms with van der Waals surface area (Å²) in [4.78, 5) is 12.9. The molecular weight excluding hydrogens is 252 g/mol. The highest BCUT2D eigenvalue weighted by Gasteiger charge is 2.34. The van der Waals surface area contributed by atoms with Gasteiger partial charge in [-0.1, -0.05) is 30.3 Å². The molecular formula is C16H20N2O2. The number of carbonyl (C=O) groups excluding carboxylic acids is 1. The van der Waals surface area contributed by atoms with Crippen molar-refractivity contribution in [3.05, 3.63) is 47.8 Å². The summed E-state index contributed by atoms with van der Waals surface area (Å²) in [5.41, 5.74) is 0.890. The van der Waals surface area contributed by atoms with Crippen LogP contribution in [0.25, 0.3) is 0 Å². The SMILES string of the molecule is CCn1ncc(OC)c1C(=O)C(C)(C)c1ccccc1.